The first-order chi connectivity index (χ1) is 16.2. The number of carbonyl (C=O) groups is 1. The predicted octanol–water partition coefficient (Wildman–Crippen LogP) is 5.51. The summed E-state index contributed by atoms with van der Waals surface area (Å²) < 4.78 is 54.2. The van der Waals surface area contributed by atoms with Gasteiger partial charge >= 0.3 is 6.36 Å². The van der Waals surface area contributed by atoms with E-state index in [0.29, 0.717) is 30.2 Å². The van der Waals surface area contributed by atoms with E-state index in [-0.39, 0.29) is 11.7 Å². The summed E-state index contributed by atoms with van der Waals surface area (Å²) in [6, 6.07) is 12.7. The molecule has 0 radical (unpaired) electrons. The van der Waals surface area contributed by atoms with Gasteiger partial charge in [0.2, 0.25) is 0 Å². The molecule has 1 aliphatic heterocycles. The maximum absolute atomic E-state index is 13.1. The highest BCUT2D eigenvalue weighted by molar-refractivity contribution is 6.04. The summed E-state index contributed by atoms with van der Waals surface area (Å²) in [6.45, 7) is 2.83. The Bertz CT molecular complexity index is 1190. The molecule has 176 valence electrons. The minimum Gasteiger partial charge on any atom is -0.406 e. The van der Waals surface area contributed by atoms with Crippen molar-refractivity contribution in [3.63, 3.8) is 0 Å². The quantitative estimate of drug-likeness (QED) is 0.480. The van der Waals surface area contributed by atoms with E-state index in [4.69, 9.17) is 0 Å². The molecule has 1 aromatic heterocycles. The lowest BCUT2D eigenvalue weighted by Gasteiger charge is -2.24. The Labute approximate surface area is 193 Å². The normalized spacial score (nSPS) is 13.6. The summed E-state index contributed by atoms with van der Waals surface area (Å²) in [5.41, 5.74) is 3.29. The number of amides is 1. The van der Waals surface area contributed by atoms with E-state index < -0.39 is 12.2 Å². The smallest absolute Gasteiger partial charge is 0.406 e. The van der Waals surface area contributed by atoms with Crippen molar-refractivity contribution in [1.29, 1.82) is 0 Å². The zero-order valence-corrected chi connectivity index (χ0v) is 18.0. The van der Waals surface area contributed by atoms with E-state index in [1.807, 2.05) is 22.9 Å². The number of carbonyl (C=O) groups excluding carboxylic acids is 1. The topological polar surface area (TPSA) is 57.7 Å². The summed E-state index contributed by atoms with van der Waals surface area (Å²) >= 11 is 0. The number of hydrogen-bond donors (Lipinski definition) is 1. The van der Waals surface area contributed by atoms with Crippen molar-refractivity contribution in [2.24, 2.45) is 0 Å². The zero-order valence-electron chi connectivity index (χ0n) is 18.0. The third-order valence-electron chi connectivity index (χ3n) is 5.19. The van der Waals surface area contributed by atoms with Gasteiger partial charge in [0.05, 0.1) is 18.6 Å². The second-order valence-electron chi connectivity index (χ2n) is 7.62. The van der Waals surface area contributed by atoms with Crippen LogP contribution in [0, 0.1) is 5.82 Å². The Morgan fingerprint density at radius 1 is 1.09 bits per heavy atom. The van der Waals surface area contributed by atoms with Gasteiger partial charge in [0, 0.05) is 35.9 Å². The molecule has 10 heteroatoms. The summed E-state index contributed by atoms with van der Waals surface area (Å²) in [4.78, 5) is 20.6. The number of allylic oxidation sites excluding steroid dienone is 1. The fraction of sp³-hybridized carbons (Fsp3) is 0.167. The summed E-state index contributed by atoms with van der Waals surface area (Å²) in [5, 5.41) is 2.81. The third-order valence-corrected chi connectivity index (χ3v) is 5.19. The number of aromatic nitrogens is 1. The molecule has 1 N–H and O–H groups in total. The van der Waals surface area contributed by atoms with Gasteiger partial charge in [-0.3, -0.25) is 9.78 Å². The fourth-order valence-corrected chi connectivity index (χ4v) is 3.49. The van der Waals surface area contributed by atoms with E-state index in [1.165, 1.54) is 36.4 Å². The van der Waals surface area contributed by atoms with E-state index in [0.717, 1.165) is 11.3 Å². The molecule has 0 spiro atoms. The number of anilines is 2. The molecule has 6 nitrogen and oxygen atoms in total. The second kappa shape index (κ2) is 9.42. The number of nitrogens with zero attached hydrogens (tertiary/aromatic N) is 3. The number of nitrogens with one attached hydrogen (secondary N) is 1. The molecule has 0 unspecified atom stereocenters. The van der Waals surface area contributed by atoms with Crippen LogP contribution in [0.4, 0.5) is 28.9 Å². The van der Waals surface area contributed by atoms with Crippen LogP contribution in [0.1, 0.15) is 22.8 Å². The van der Waals surface area contributed by atoms with Crippen molar-refractivity contribution in [3.8, 4) is 5.75 Å². The van der Waals surface area contributed by atoms with Gasteiger partial charge in [-0.05, 0) is 67.1 Å². The number of ether oxygens (including phenoxy) is 1. The van der Waals surface area contributed by atoms with E-state index >= 15 is 0 Å². The van der Waals surface area contributed by atoms with Gasteiger partial charge in [-0.15, -0.1) is 13.2 Å². The first-order valence-corrected chi connectivity index (χ1v) is 10.2. The van der Waals surface area contributed by atoms with Crippen LogP contribution in [0.15, 0.2) is 78.9 Å². The molecule has 4 rings (SSSR count). The molecular formula is C24H20F4N4O2. The van der Waals surface area contributed by atoms with Crippen molar-refractivity contribution in [2.45, 2.75) is 19.8 Å². The highest BCUT2D eigenvalue weighted by Crippen LogP contribution is 2.29. The molecular weight excluding hydrogens is 452 g/mol. The molecule has 1 aliphatic rings. The molecule has 0 saturated heterocycles. The second-order valence-corrected chi connectivity index (χ2v) is 7.62. The van der Waals surface area contributed by atoms with Gasteiger partial charge in [0.15, 0.2) is 0 Å². The molecule has 0 atom stereocenters. The number of alkyl halides is 3. The fourth-order valence-electron chi connectivity index (χ4n) is 3.49. The maximum atomic E-state index is 13.1. The molecule has 0 fully saturated rings. The van der Waals surface area contributed by atoms with E-state index in [2.05, 4.69) is 15.0 Å². The van der Waals surface area contributed by atoms with Crippen LogP contribution in [0.2, 0.25) is 0 Å². The van der Waals surface area contributed by atoms with Crippen LogP contribution in [-0.4, -0.2) is 28.8 Å². The van der Waals surface area contributed by atoms with Crippen molar-refractivity contribution in [2.75, 3.05) is 16.9 Å². The summed E-state index contributed by atoms with van der Waals surface area (Å²) in [6.07, 6.45) is 0.312. The number of halogens is 4. The Balaban J connectivity index is 1.43. The van der Waals surface area contributed by atoms with Gasteiger partial charge in [-0.1, -0.05) is 0 Å². The van der Waals surface area contributed by atoms with Gasteiger partial charge in [0.1, 0.15) is 11.6 Å². The van der Waals surface area contributed by atoms with Crippen LogP contribution >= 0.6 is 0 Å². The van der Waals surface area contributed by atoms with Crippen molar-refractivity contribution >= 4 is 17.3 Å². The summed E-state index contributed by atoms with van der Waals surface area (Å²) in [7, 11) is 0. The van der Waals surface area contributed by atoms with Crippen LogP contribution in [-0.2, 0) is 6.54 Å². The molecule has 0 aliphatic carbocycles. The molecule has 1 amide bonds. The van der Waals surface area contributed by atoms with Gasteiger partial charge < -0.3 is 19.9 Å². The molecule has 2 heterocycles. The third kappa shape index (κ3) is 5.64. The minimum atomic E-state index is -4.74. The Morgan fingerprint density at radius 2 is 1.79 bits per heavy atom. The van der Waals surface area contributed by atoms with E-state index in [1.54, 1.807) is 30.6 Å². The highest BCUT2D eigenvalue weighted by atomic mass is 19.4. The molecule has 3 aromatic rings. The molecule has 34 heavy (non-hydrogen) atoms. The standard InChI is InChI=1S/C24H20F4N4O2/c1-16-13-32(20-6-8-21(9-7-20)34-24(26,27)28)15-31(16)14-18-10-11-29-12-22(18)30-23(33)17-2-4-19(25)5-3-17/h2-13H,14-15H2,1H3,(H,30,33). The van der Waals surface area contributed by atoms with Crippen LogP contribution < -0.4 is 15.0 Å². The Kier molecular flexibility index (Phi) is 6.40. The molecule has 0 bridgehead atoms. The molecule has 0 saturated carbocycles. The first kappa shape index (κ1) is 23.1. The lowest BCUT2D eigenvalue weighted by Crippen LogP contribution is -2.26. The number of hydrogen-bond acceptors (Lipinski definition) is 5. The minimum absolute atomic E-state index is 0.286. The Morgan fingerprint density at radius 3 is 2.47 bits per heavy atom. The SMILES string of the molecule is CC1=CN(c2ccc(OC(F)(F)F)cc2)CN1Cc1ccncc1NC(=O)c1ccc(F)cc1. The number of pyridine rings is 1. The van der Waals surface area contributed by atoms with Crippen LogP contribution in [0.25, 0.3) is 0 Å². The maximum Gasteiger partial charge on any atom is 0.573 e. The number of rotatable bonds is 6. The Hall–Kier alpha value is -4.08. The first-order valence-electron chi connectivity index (χ1n) is 10.2. The van der Waals surface area contributed by atoms with Crippen LogP contribution in [0.5, 0.6) is 5.75 Å². The van der Waals surface area contributed by atoms with Crippen molar-refractivity contribution in [3.05, 3.63) is 95.8 Å². The average Bonchev–Trinajstić information content (AvgIpc) is 3.15. The molecule has 2 aromatic carbocycles. The van der Waals surface area contributed by atoms with Gasteiger partial charge in [-0.25, -0.2) is 4.39 Å². The van der Waals surface area contributed by atoms with Gasteiger partial charge in [-0.2, -0.15) is 0 Å². The summed E-state index contributed by atoms with van der Waals surface area (Å²) in [5.74, 6) is -1.10. The largest absolute Gasteiger partial charge is 0.573 e. The van der Waals surface area contributed by atoms with E-state index in [9.17, 15) is 22.4 Å². The van der Waals surface area contributed by atoms with Crippen molar-refractivity contribution < 1.29 is 27.1 Å². The average molecular weight is 472 g/mol. The predicted molar refractivity (Wildman–Crippen MR) is 118 cm³/mol. The monoisotopic (exact) mass is 472 g/mol. The lowest BCUT2D eigenvalue weighted by molar-refractivity contribution is -0.274. The zero-order chi connectivity index (χ0) is 24.3. The number of benzene rings is 2. The lowest BCUT2D eigenvalue weighted by atomic mass is 10.1. The van der Waals surface area contributed by atoms with Crippen molar-refractivity contribution in [1.82, 2.24) is 9.88 Å². The highest BCUT2D eigenvalue weighted by Gasteiger charge is 2.31. The van der Waals surface area contributed by atoms with Crippen LogP contribution in [0.3, 0.4) is 0 Å². The van der Waals surface area contributed by atoms with Gasteiger partial charge in [0.25, 0.3) is 5.91 Å².